The molecule has 2 aromatic rings. The minimum Gasteiger partial charge on any atom is -0.0882 e. The van der Waals surface area contributed by atoms with E-state index >= 15 is 0 Å². The largest absolute Gasteiger partial charge is 0.0882 e. The zero-order valence-corrected chi connectivity index (χ0v) is 13.8. The first-order valence-corrected chi connectivity index (χ1v) is 8.43. The summed E-state index contributed by atoms with van der Waals surface area (Å²) in [4.78, 5) is 0. The van der Waals surface area contributed by atoms with Crippen molar-refractivity contribution < 1.29 is 0 Å². The van der Waals surface area contributed by atoms with E-state index in [9.17, 15) is 0 Å². The summed E-state index contributed by atoms with van der Waals surface area (Å²) >= 11 is 0. The molecule has 22 heavy (non-hydrogen) atoms. The fourth-order valence-electron chi connectivity index (χ4n) is 2.67. The summed E-state index contributed by atoms with van der Waals surface area (Å²) in [7, 11) is 0. The minimum atomic E-state index is 1.06. The highest BCUT2D eigenvalue weighted by Crippen LogP contribution is 2.25. The summed E-state index contributed by atoms with van der Waals surface area (Å²) in [6.07, 6.45) is 11.8. The van der Waals surface area contributed by atoms with Gasteiger partial charge in [-0.25, -0.2) is 0 Å². The van der Waals surface area contributed by atoms with Crippen LogP contribution in [-0.4, -0.2) is 0 Å². The first-order chi connectivity index (χ1) is 10.9. The van der Waals surface area contributed by atoms with Crippen molar-refractivity contribution in [2.24, 2.45) is 0 Å². The number of rotatable bonds is 2. The molecule has 1 aliphatic carbocycles. The Bertz CT molecular complexity index is 600. The Balaban J connectivity index is 0.000000847. The molecule has 2 aromatic carbocycles. The van der Waals surface area contributed by atoms with Crippen LogP contribution in [0.5, 0.6) is 0 Å². The zero-order chi connectivity index (χ0) is 15.6. The third-order valence-corrected chi connectivity index (χ3v) is 3.83. The van der Waals surface area contributed by atoms with E-state index in [1.165, 1.54) is 41.5 Å². The fourth-order valence-corrected chi connectivity index (χ4v) is 2.67. The molecule has 3 rings (SSSR count). The second kappa shape index (κ2) is 9.04. The molecular formula is C22H26. The SMILES string of the molecule is C1=C\C/C(c2ccc(-c3ccccc3)cc2)=C\CCC/1.CC. The lowest BCUT2D eigenvalue weighted by Crippen LogP contribution is -1.87. The molecule has 0 heterocycles. The topological polar surface area (TPSA) is 0 Å². The molecule has 0 aliphatic heterocycles. The lowest BCUT2D eigenvalue weighted by Gasteiger charge is -2.09. The smallest absolute Gasteiger partial charge is 0.00947 e. The quantitative estimate of drug-likeness (QED) is 0.528. The molecule has 0 radical (unpaired) electrons. The molecule has 0 atom stereocenters. The molecule has 1 aliphatic rings. The molecule has 0 saturated heterocycles. The monoisotopic (exact) mass is 290 g/mol. The van der Waals surface area contributed by atoms with E-state index in [1.54, 1.807) is 0 Å². The summed E-state index contributed by atoms with van der Waals surface area (Å²) in [5.41, 5.74) is 5.39. The van der Waals surface area contributed by atoms with Gasteiger partial charge in [0.25, 0.3) is 0 Å². The molecule has 0 heteroatoms. The van der Waals surface area contributed by atoms with Gasteiger partial charge in [0.15, 0.2) is 0 Å². The van der Waals surface area contributed by atoms with Gasteiger partial charge in [-0.15, -0.1) is 0 Å². The standard InChI is InChI=1S/C20H20.C2H6/c1-2-5-9-17(10-6-3-1)19-13-15-20(16-14-19)18-11-7-4-8-12-18;1-2/h2,4-5,7-8,10-16H,1,3,6,9H2;1-2H3/b5-2-,17-10+;. The molecule has 114 valence electrons. The van der Waals surface area contributed by atoms with Gasteiger partial charge in [-0.05, 0) is 47.9 Å². The highest BCUT2D eigenvalue weighted by Gasteiger charge is 2.03. The molecule has 0 N–H and O–H groups in total. The van der Waals surface area contributed by atoms with Crippen LogP contribution in [0.4, 0.5) is 0 Å². The molecule has 0 fully saturated rings. The first kappa shape index (κ1) is 16.3. The van der Waals surface area contributed by atoms with Crippen LogP contribution in [0.2, 0.25) is 0 Å². The van der Waals surface area contributed by atoms with E-state index in [2.05, 4.69) is 72.8 Å². The van der Waals surface area contributed by atoms with Crippen LogP contribution in [0.15, 0.2) is 72.8 Å². The summed E-state index contributed by atoms with van der Waals surface area (Å²) in [5.74, 6) is 0. The van der Waals surface area contributed by atoms with Crippen LogP contribution >= 0.6 is 0 Å². The van der Waals surface area contributed by atoms with Gasteiger partial charge in [0.2, 0.25) is 0 Å². The van der Waals surface area contributed by atoms with Crippen LogP contribution < -0.4 is 0 Å². The molecule has 0 saturated carbocycles. The van der Waals surface area contributed by atoms with Gasteiger partial charge in [-0.3, -0.25) is 0 Å². The third kappa shape index (κ3) is 4.46. The summed E-state index contributed by atoms with van der Waals surface area (Å²) < 4.78 is 0. The van der Waals surface area contributed by atoms with E-state index in [0.29, 0.717) is 0 Å². The van der Waals surface area contributed by atoms with Gasteiger partial charge >= 0.3 is 0 Å². The van der Waals surface area contributed by atoms with Crippen LogP contribution in [0.25, 0.3) is 16.7 Å². The van der Waals surface area contributed by atoms with Gasteiger partial charge in [0.1, 0.15) is 0 Å². The average molecular weight is 290 g/mol. The second-order valence-electron chi connectivity index (χ2n) is 5.28. The van der Waals surface area contributed by atoms with Crippen molar-refractivity contribution in [3.8, 4) is 11.1 Å². The van der Waals surface area contributed by atoms with Gasteiger partial charge in [-0.2, -0.15) is 0 Å². The van der Waals surface area contributed by atoms with Crippen molar-refractivity contribution in [1.29, 1.82) is 0 Å². The lowest BCUT2D eigenvalue weighted by molar-refractivity contribution is 0.860. The molecule has 0 spiro atoms. The maximum absolute atomic E-state index is 2.40. The van der Waals surface area contributed by atoms with Crippen molar-refractivity contribution in [2.45, 2.75) is 39.5 Å². The van der Waals surface area contributed by atoms with Crippen molar-refractivity contribution in [3.05, 3.63) is 78.4 Å². The summed E-state index contributed by atoms with van der Waals surface area (Å²) in [5, 5.41) is 0. The maximum Gasteiger partial charge on any atom is -0.00947 e. The maximum atomic E-state index is 2.40. The molecule has 0 nitrogen and oxygen atoms in total. The van der Waals surface area contributed by atoms with E-state index in [4.69, 9.17) is 0 Å². The predicted molar refractivity (Wildman–Crippen MR) is 98.8 cm³/mol. The van der Waals surface area contributed by atoms with E-state index in [1.807, 2.05) is 13.8 Å². The predicted octanol–water partition coefficient (Wildman–Crippen LogP) is 6.89. The Hall–Kier alpha value is -2.08. The average Bonchev–Trinajstić information content (AvgIpc) is 2.58. The van der Waals surface area contributed by atoms with Crippen molar-refractivity contribution in [3.63, 3.8) is 0 Å². The van der Waals surface area contributed by atoms with Crippen molar-refractivity contribution in [2.75, 3.05) is 0 Å². The Morgan fingerprint density at radius 2 is 1.27 bits per heavy atom. The zero-order valence-electron chi connectivity index (χ0n) is 13.8. The van der Waals surface area contributed by atoms with E-state index < -0.39 is 0 Å². The van der Waals surface area contributed by atoms with Crippen molar-refractivity contribution in [1.82, 2.24) is 0 Å². The third-order valence-electron chi connectivity index (χ3n) is 3.83. The minimum absolute atomic E-state index is 1.06. The summed E-state index contributed by atoms with van der Waals surface area (Å²) in [6, 6.07) is 19.5. The molecular weight excluding hydrogens is 264 g/mol. The van der Waals surface area contributed by atoms with Crippen LogP contribution in [0.1, 0.15) is 45.1 Å². The lowest BCUT2D eigenvalue weighted by atomic mass is 9.96. The molecule has 0 bridgehead atoms. The van der Waals surface area contributed by atoms with Gasteiger partial charge in [0, 0.05) is 0 Å². The number of benzene rings is 2. The highest BCUT2D eigenvalue weighted by atomic mass is 14.1. The van der Waals surface area contributed by atoms with Gasteiger partial charge < -0.3 is 0 Å². The Morgan fingerprint density at radius 3 is 2.00 bits per heavy atom. The van der Waals surface area contributed by atoms with Crippen LogP contribution in [0.3, 0.4) is 0 Å². The van der Waals surface area contributed by atoms with Crippen LogP contribution in [0, 0.1) is 0 Å². The Kier molecular flexibility index (Phi) is 6.70. The summed E-state index contributed by atoms with van der Waals surface area (Å²) in [6.45, 7) is 4.00. The first-order valence-electron chi connectivity index (χ1n) is 8.43. The molecule has 0 amide bonds. The van der Waals surface area contributed by atoms with Gasteiger partial charge in [0.05, 0.1) is 0 Å². The van der Waals surface area contributed by atoms with Crippen LogP contribution in [-0.2, 0) is 0 Å². The normalized spacial score (nSPS) is 18.0. The van der Waals surface area contributed by atoms with E-state index in [-0.39, 0.29) is 0 Å². The number of allylic oxidation sites excluding steroid dienone is 4. The Labute approximate surface area is 135 Å². The second-order valence-corrected chi connectivity index (χ2v) is 5.28. The number of hydrogen-bond donors (Lipinski definition) is 0. The van der Waals surface area contributed by atoms with Crippen molar-refractivity contribution >= 4 is 5.57 Å². The van der Waals surface area contributed by atoms with Gasteiger partial charge in [-0.1, -0.05) is 86.7 Å². The van der Waals surface area contributed by atoms with E-state index in [0.717, 1.165) is 6.42 Å². The number of hydrogen-bond acceptors (Lipinski definition) is 0. The Morgan fingerprint density at radius 1 is 0.636 bits per heavy atom. The molecule has 0 unspecified atom stereocenters. The highest BCUT2D eigenvalue weighted by molar-refractivity contribution is 5.71. The molecule has 0 aromatic heterocycles. The fraction of sp³-hybridized carbons (Fsp3) is 0.273.